The van der Waals surface area contributed by atoms with E-state index in [1.54, 1.807) is 50.3 Å². The lowest BCUT2D eigenvalue weighted by atomic mass is 9.95. The number of ether oxygens (including phenoxy) is 4. The summed E-state index contributed by atoms with van der Waals surface area (Å²) in [4.78, 5) is 44.9. The molecule has 1 N–H and O–H groups in total. The van der Waals surface area contributed by atoms with E-state index in [2.05, 4.69) is 10.3 Å². The Labute approximate surface area is 270 Å². The van der Waals surface area contributed by atoms with Gasteiger partial charge in [-0.05, 0) is 69.7 Å². The molecule has 10 nitrogen and oxygen atoms in total. The maximum absolute atomic E-state index is 14.1. The second-order valence-corrected chi connectivity index (χ2v) is 11.1. The van der Waals surface area contributed by atoms with Gasteiger partial charge in [-0.3, -0.25) is 14.2 Å². The first kappa shape index (κ1) is 32.2. The van der Waals surface area contributed by atoms with Crippen molar-refractivity contribution in [3.63, 3.8) is 0 Å². The number of anilines is 1. The van der Waals surface area contributed by atoms with Crippen molar-refractivity contribution in [3.05, 3.63) is 115 Å². The molecule has 3 aromatic carbocycles. The predicted molar refractivity (Wildman–Crippen MR) is 176 cm³/mol. The van der Waals surface area contributed by atoms with Crippen molar-refractivity contribution in [2.75, 3.05) is 31.7 Å². The second-order valence-electron chi connectivity index (χ2n) is 10.1. The molecule has 0 aliphatic carbocycles. The molecule has 1 amide bonds. The van der Waals surface area contributed by atoms with Crippen LogP contribution in [0.1, 0.15) is 44.9 Å². The minimum atomic E-state index is -0.794. The van der Waals surface area contributed by atoms with Crippen LogP contribution in [0.25, 0.3) is 6.08 Å². The second kappa shape index (κ2) is 14.7. The van der Waals surface area contributed by atoms with Crippen molar-refractivity contribution in [2.45, 2.75) is 33.7 Å². The smallest absolute Gasteiger partial charge is 0.338 e. The van der Waals surface area contributed by atoms with E-state index in [4.69, 9.17) is 18.9 Å². The van der Waals surface area contributed by atoms with Crippen LogP contribution in [0.5, 0.6) is 17.2 Å². The molecule has 2 heterocycles. The van der Waals surface area contributed by atoms with Crippen molar-refractivity contribution in [1.82, 2.24) is 4.57 Å². The Bertz CT molecular complexity index is 1950. The molecule has 0 saturated carbocycles. The van der Waals surface area contributed by atoms with Crippen LogP contribution in [0.2, 0.25) is 0 Å². The van der Waals surface area contributed by atoms with Crippen LogP contribution >= 0.6 is 11.3 Å². The van der Waals surface area contributed by atoms with E-state index in [9.17, 15) is 14.4 Å². The number of hydrogen-bond acceptors (Lipinski definition) is 9. The predicted octanol–water partition coefficient (Wildman–Crippen LogP) is 4.61. The fraction of sp³-hybridized carbons (Fsp3) is 0.257. The molecular weight excluding hydrogens is 606 g/mol. The van der Waals surface area contributed by atoms with Gasteiger partial charge in [0.2, 0.25) is 0 Å². The Kier molecular flexibility index (Phi) is 10.3. The molecule has 0 radical (unpaired) electrons. The average Bonchev–Trinajstić information content (AvgIpc) is 3.35. The first-order valence-corrected chi connectivity index (χ1v) is 15.8. The van der Waals surface area contributed by atoms with Crippen molar-refractivity contribution >= 4 is 35.0 Å². The molecule has 0 spiro atoms. The lowest BCUT2D eigenvalue weighted by Crippen LogP contribution is -2.40. The number of amides is 1. The van der Waals surface area contributed by atoms with Crippen LogP contribution < -0.4 is 34.4 Å². The van der Waals surface area contributed by atoms with Gasteiger partial charge >= 0.3 is 5.97 Å². The molecule has 238 valence electrons. The summed E-state index contributed by atoms with van der Waals surface area (Å²) < 4.78 is 24.9. The van der Waals surface area contributed by atoms with Crippen molar-refractivity contribution < 1.29 is 28.5 Å². The highest BCUT2D eigenvalue weighted by Crippen LogP contribution is 2.36. The van der Waals surface area contributed by atoms with E-state index in [0.29, 0.717) is 62.3 Å². The number of nitrogens with one attached hydrogen (secondary N) is 1. The van der Waals surface area contributed by atoms with E-state index in [1.807, 2.05) is 56.3 Å². The molecule has 46 heavy (non-hydrogen) atoms. The molecule has 1 aromatic heterocycles. The number of aromatic nitrogens is 1. The SMILES string of the molecule is CCOC(=O)C1=C(C)N=c2sc(=Cc3ccc(OCC(=O)Nc4ccccc4)c(OCC)c3)c(=O)n2C1c1ccccc1OCC. The number of carbonyl (C=O) groups is 2. The van der Waals surface area contributed by atoms with Crippen LogP contribution in [0, 0.1) is 0 Å². The molecule has 1 atom stereocenters. The minimum absolute atomic E-state index is 0.180. The van der Waals surface area contributed by atoms with Gasteiger partial charge in [0.25, 0.3) is 11.5 Å². The lowest BCUT2D eigenvalue weighted by molar-refractivity contribution is -0.139. The zero-order chi connectivity index (χ0) is 32.6. The van der Waals surface area contributed by atoms with Gasteiger partial charge in [-0.25, -0.2) is 9.79 Å². The fourth-order valence-corrected chi connectivity index (χ4v) is 6.14. The molecule has 5 rings (SSSR count). The Morgan fingerprint density at radius 2 is 1.61 bits per heavy atom. The minimum Gasteiger partial charge on any atom is -0.494 e. The molecule has 0 bridgehead atoms. The summed E-state index contributed by atoms with van der Waals surface area (Å²) in [6.45, 7) is 7.95. The number of fused-ring (bicyclic) bond motifs is 1. The zero-order valence-electron chi connectivity index (χ0n) is 26.1. The van der Waals surface area contributed by atoms with Crippen LogP contribution in [0.4, 0.5) is 5.69 Å². The first-order valence-electron chi connectivity index (χ1n) is 15.0. The number of para-hydroxylation sites is 2. The van der Waals surface area contributed by atoms with Gasteiger partial charge in [0.05, 0.1) is 35.6 Å². The number of esters is 1. The van der Waals surface area contributed by atoms with E-state index in [-0.39, 0.29) is 30.3 Å². The molecule has 1 aliphatic rings. The summed E-state index contributed by atoms with van der Waals surface area (Å²) in [5, 5.41) is 2.79. The first-order chi connectivity index (χ1) is 22.3. The molecule has 11 heteroatoms. The normalized spacial score (nSPS) is 14.3. The molecule has 4 aromatic rings. The van der Waals surface area contributed by atoms with Gasteiger partial charge < -0.3 is 24.3 Å². The Morgan fingerprint density at radius 1 is 0.891 bits per heavy atom. The summed E-state index contributed by atoms with van der Waals surface area (Å²) in [5.74, 6) is 0.544. The number of thiazole rings is 1. The third-order valence-electron chi connectivity index (χ3n) is 7.01. The van der Waals surface area contributed by atoms with Gasteiger partial charge in [0.15, 0.2) is 22.9 Å². The summed E-state index contributed by atoms with van der Waals surface area (Å²) >= 11 is 1.22. The summed E-state index contributed by atoms with van der Waals surface area (Å²) in [7, 11) is 0. The monoisotopic (exact) mass is 641 g/mol. The van der Waals surface area contributed by atoms with Crippen molar-refractivity contribution in [3.8, 4) is 17.2 Å². The quantitative estimate of drug-likeness (QED) is 0.225. The molecular formula is C35H35N3O7S. The van der Waals surface area contributed by atoms with Crippen LogP contribution in [-0.2, 0) is 14.3 Å². The number of carbonyl (C=O) groups excluding carboxylic acids is 2. The highest BCUT2D eigenvalue weighted by Gasteiger charge is 2.35. The van der Waals surface area contributed by atoms with E-state index in [0.717, 1.165) is 0 Å². The van der Waals surface area contributed by atoms with Gasteiger partial charge in [-0.1, -0.05) is 53.8 Å². The van der Waals surface area contributed by atoms with Crippen LogP contribution in [0.3, 0.4) is 0 Å². The summed E-state index contributed by atoms with van der Waals surface area (Å²) in [5.41, 5.74) is 2.45. The summed E-state index contributed by atoms with van der Waals surface area (Å²) in [6.07, 6.45) is 1.74. The fourth-order valence-electron chi connectivity index (χ4n) is 5.09. The largest absolute Gasteiger partial charge is 0.494 e. The Balaban J connectivity index is 1.51. The van der Waals surface area contributed by atoms with Gasteiger partial charge in [-0.15, -0.1) is 0 Å². The van der Waals surface area contributed by atoms with E-state index >= 15 is 0 Å². The maximum atomic E-state index is 14.1. The molecule has 0 saturated heterocycles. The maximum Gasteiger partial charge on any atom is 0.338 e. The van der Waals surface area contributed by atoms with Gasteiger partial charge in [0, 0.05) is 11.3 Å². The highest BCUT2D eigenvalue weighted by atomic mass is 32.1. The van der Waals surface area contributed by atoms with Crippen molar-refractivity contribution in [2.24, 2.45) is 4.99 Å². The third kappa shape index (κ3) is 7.05. The van der Waals surface area contributed by atoms with Gasteiger partial charge in [0.1, 0.15) is 11.8 Å². The van der Waals surface area contributed by atoms with Crippen LogP contribution in [-0.4, -0.2) is 42.9 Å². The Hall–Kier alpha value is -5.16. The highest BCUT2D eigenvalue weighted by molar-refractivity contribution is 7.07. The molecule has 1 unspecified atom stereocenters. The van der Waals surface area contributed by atoms with E-state index < -0.39 is 12.0 Å². The van der Waals surface area contributed by atoms with Crippen LogP contribution in [0.15, 0.2) is 93.9 Å². The Morgan fingerprint density at radius 3 is 2.35 bits per heavy atom. The van der Waals surface area contributed by atoms with E-state index in [1.165, 1.54) is 15.9 Å². The topological polar surface area (TPSA) is 117 Å². The molecule has 0 fully saturated rings. The number of hydrogen-bond donors (Lipinski definition) is 1. The number of nitrogens with zero attached hydrogens (tertiary/aromatic N) is 2. The number of rotatable bonds is 12. The zero-order valence-corrected chi connectivity index (χ0v) is 26.9. The number of benzene rings is 3. The molecule has 1 aliphatic heterocycles. The standard InChI is InChI=1S/C35H35N3O7S/c1-5-42-26-16-12-11-15-25(26)32-31(34(41)44-7-3)22(4)36-35-38(32)33(40)29(46-35)20-23-17-18-27(28(19-23)43-6-2)45-21-30(39)37-24-13-9-8-10-14-24/h8-20,32H,5-7,21H2,1-4H3,(H,37,39). The van der Waals surface area contributed by atoms with Crippen molar-refractivity contribution in [1.29, 1.82) is 0 Å². The number of allylic oxidation sites excluding steroid dienone is 1. The third-order valence-corrected chi connectivity index (χ3v) is 8.00. The van der Waals surface area contributed by atoms with Gasteiger partial charge in [-0.2, -0.15) is 0 Å². The summed E-state index contributed by atoms with van der Waals surface area (Å²) in [6, 6.07) is 20.9. The lowest BCUT2D eigenvalue weighted by Gasteiger charge is -2.26. The average molecular weight is 642 g/mol.